The number of rotatable bonds is 3. The quantitative estimate of drug-likeness (QED) is 0.793. The predicted octanol–water partition coefficient (Wildman–Crippen LogP) is 4.90. The molecule has 0 bridgehead atoms. The minimum absolute atomic E-state index is 0.0111. The zero-order valence-electron chi connectivity index (χ0n) is 14.4. The highest BCUT2D eigenvalue weighted by atomic mass is 16.5. The Hall–Kier alpha value is -1.31. The van der Waals surface area contributed by atoms with Gasteiger partial charge in [-0.1, -0.05) is 19.9 Å². The van der Waals surface area contributed by atoms with Gasteiger partial charge < -0.3 is 4.74 Å². The van der Waals surface area contributed by atoms with Gasteiger partial charge in [0.05, 0.1) is 6.61 Å². The number of ether oxygens (including phenoxy) is 1. The molecule has 2 saturated carbocycles. The molecule has 4 rings (SSSR count). The van der Waals surface area contributed by atoms with E-state index in [0.29, 0.717) is 17.6 Å². The maximum atomic E-state index is 12.4. The zero-order valence-corrected chi connectivity index (χ0v) is 14.4. The van der Waals surface area contributed by atoms with Crippen molar-refractivity contribution in [2.75, 3.05) is 6.61 Å². The lowest BCUT2D eigenvalue weighted by Crippen LogP contribution is -2.42. The Bertz CT molecular complexity index is 620. The fraction of sp³-hybridized carbons (Fsp3) is 0.667. The van der Waals surface area contributed by atoms with Gasteiger partial charge in [-0.25, -0.2) is 0 Å². The summed E-state index contributed by atoms with van der Waals surface area (Å²) in [6.07, 6.45) is 7.68. The second-order valence-corrected chi connectivity index (χ2v) is 8.04. The molecule has 23 heavy (non-hydrogen) atoms. The Labute approximate surface area is 139 Å². The van der Waals surface area contributed by atoms with Crippen LogP contribution in [0.1, 0.15) is 69.4 Å². The van der Waals surface area contributed by atoms with Crippen molar-refractivity contribution in [1.82, 2.24) is 0 Å². The topological polar surface area (TPSA) is 26.3 Å². The van der Waals surface area contributed by atoms with Gasteiger partial charge in [0.2, 0.25) is 0 Å². The predicted molar refractivity (Wildman–Crippen MR) is 91.9 cm³/mol. The molecule has 0 aromatic heterocycles. The molecule has 1 aromatic rings. The second-order valence-electron chi connectivity index (χ2n) is 8.04. The molecule has 0 aliphatic heterocycles. The first-order valence-electron chi connectivity index (χ1n) is 9.42. The van der Waals surface area contributed by atoms with Crippen LogP contribution >= 0.6 is 0 Å². The molecule has 124 valence electrons. The normalized spacial score (nSPS) is 35.4. The van der Waals surface area contributed by atoms with E-state index in [1.165, 1.54) is 18.4 Å². The van der Waals surface area contributed by atoms with Gasteiger partial charge in [0.15, 0.2) is 0 Å². The Kier molecular flexibility index (Phi) is 3.74. The third kappa shape index (κ3) is 2.33. The lowest BCUT2D eigenvalue weighted by Gasteiger charge is -2.48. The number of hydrogen-bond donors (Lipinski definition) is 0. The standard InChI is InChI=1S/C21H28O2/c1-3-12-23-15-5-7-16-14(13-15)4-6-18-17(16)10-11-21(2)19(18)8-9-20(21)22/h5,7,13,17-19H,3-4,6,8-12H2,1-2H3/t17-,18+,19-,21+/m1/s1. The molecule has 2 heteroatoms. The SMILES string of the molecule is CCCOc1ccc2c(c1)CC[C@H]1[C@@H]2CC[C@]2(C)C(=O)CC[C@H]12. The molecule has 1 aromatic carbocycles. The largest absolute Gasteiger partial charge is 0.494 e. The summed E-state index contributed by atoms with van der Waals surface area (Å²) in [6.45, 7) is 5.19. The Balaban J connectivity index is 1.61. The molecular weight excluding hydrogens is 284 g/mol. The molecule has 0 unspecified atom stereocenters. The van der Waals surface area contributed by atoms with Crippen LogP contribution in [0.25, 0.3) is 0 Å². The van der Waals surface area contributed by atoms with E-state index >= 15 is 0 Å². The molecular formula is C21H28O2. The van der Waals surface area contributed by atoms with Crippen LogP contribution < -0.4 is 4.74 Å². The summed E-state index contributed by atoms with van der Waals surface area (Å²) in [5, 5.41) is 0. The van der Waals surface area contributed by atoms with Crippen molar-refractivity contribution in [1.29, 1.82) is 0 Å². The van der Waals surface area contributed by atoms with Crippen LogP contribution in [0.5, 0.6) is 5.75 Å². The number of ketones is 1. The highest BCUT2D eigenvalue weighted by Gasteiger charge is 2.54. The number of hydrogen-bond acceptors (Lipinski definition) is 2. The highest BCUT2D eigenvalue weighted by molar-refractivity contribution is 5.87. The van der Waals surface area contributed by atoms with Gasteiger partial charge in [0.25, 0.3) is 0 Å². The van der Waals surface area contributed by atoms with E-state index in [2.05, 4.69) is 32.0 Å². The summed E-state index contributed by atoms with van der Waals surface area (Å²) in [5.74, 6) is 3.58. The first kappa shape index (κ1) is 15.2. The van der Waals surface area contributed by atoms with Crippen molar-refractivity contribution in [3.63, 3.8) is 0 Å². The molecule has 0 saturated heterocycles. The molecule has 0 amide bonds. The average Bonchev–Trinajstić information content (AvgIpc) is 2.88. The van der Waals surface area contributed by atoms with Crippen molar-refractivity contribution in [3.8, 4) is 5.75 Å². The van der Waals surface area contributed by atoms with Gasteiger partial charge >= 0.3 is 0 Å². The summed E-state index contributed by atoms with van der Waals surface area (Å²) in [4.78, 5) is 12.4. The van der Waals surface area contributed by atoms with Crippen LogP contribution in [0.15, 0.2) is 18.2 Å². The van der Waals surface area contributed by atoms with Crippen LogP contribution in [0.3, 0.4) is 0 Å². The second kappa shape index (κ2) is 5.65. The van der Waals surface area contributed by atoms with E-state index in [1.807, 2.05) is 0 Å². The minimum Gasteiger partial charge on any atom is -0.494 e. The summed E-state index contributed by atoms with van der Waals surface area (Å²) in [5.41, 5.74) is 3.03. The van der Waals surface area contributed by atoms with Crippen LogP contribution in [0.2, 0.25) is 0 Å². The molecule has 2 fully saturated rings. The van der Waals surface area contributed by atoms with E-state index in [-0.39, 0.29) is 5.41 Å². The number of carbonyl (C=O) groups excluding carboxylic acids is 1. The van der Waals surface area contributed by atoms with Crippen LogP contribution in [0.4, 0.5) is 0 Å². The molecule has 0 radical (unpaired) electrons. The van der Waals surface area contributed by atoms with Gasteiger partial charge in [-0.15, -0.1) is 0 Å². The number of Topliss-reactive ketones (excluding diaryl/α,β-unsaturated/α-hetero) is 1. The maximum absolute atomic E-state index is 12.4. The minimum atomic E-state index is -0.0111. The molecule has 4 atom stereocenters. The van der Waals surface area contributed by atoms with E-state index < -0.39 is 0 Å². The van der Waals surface area contributed by atoms with Crippen molar-refractivity contribution < 1.29 is 9.53 Å². The Morgan fingerprint density at radius 2 is 2.09 bits per heavy atom. The van der Waals surface area contributed by atoms with Crippen LogP contribution in [-0.4, -0.2) is 12.4 Å². The number of aryl methyl sites for hydroxylation is 1. The van der Waals surface area contributed by atoms with Crippen molar-refractivity contribution in [3.05, 3.63) is 29.3 Å². The van der Waals surface area contributed by atoms with Gasteiger partial charge in [0, 0.05) is 11.8 Å². The molecule has 0 heterocycles. The average molecular weight is 312 g/mol. The maximum Gasteiger partial charge on any atom is 0.139 e. The monoisotopic (exact) mass is 312 g/mol. The third-order valence-corrected chi connectivity index (χ3v) is 6.88. The van der Waals surface area contributed by atoms with E-state index in [9.17, 15) is 4.79 Å². The molecule has 3 aliphatic carbocycles. The van der Waals surface area contributed by atoms with Gasteiger partial charge in [-0.2, -0.15) is 0 Å². The van der Waals surface area contributed by atoms with Gasteiger partial charge in [0.1, 0.15) is 11.5 Å². The van der Waals surface area contributed by atoms with Gasteiger partial charge in [-0.05, 0) is 79.5 Å². The smallest absolute Gasteiger partial charge is 0.139 e. The fourth-order valence-corrected chi connectivity index (χ4v) is 5.64. The Morgan fingerprint density at radius 3 is 2.91 bits per heavy atom. The summed E-state index contributed by atoms with van der Waals surface area (Å²) >= 11 is 0. The van der Waals surface area contributed by atoms with Crippen molar-refractivity contribution in [2.24, 2.45) is 17.3 Å². The van der Waals surface area contributed by atoms with E-state index in [0.717, 1.165) is 50.4 Å². The fourth-order valence-electron chi connectivity index (χ4n) is 5.64. The van der Waals surface area contributed by atoms with Crippen molar-refractivity contribution >= 4 is 5.78 Å². The Morgan fingerprint density at radius 1 is 1.22 bits per heavy atom. The zero-order chi connectivity index (χ0) is 16.0. The summed E-state index contributed by atoms with van der Waals surface area (Å²) < 4.78 is 5.81. The van der Waals surface area contributed by atoms with Crippen molar-refractivity contribution in [2.45, 2.75) is 64.7 Å². The van der Waals surface area contributed by atoms with Gasteiger partial charge in [-0.3, -0.25) is 4.79 Å². The number of fused-ring (bicyclic) bond motifs is 5. The molecule has 2 nitrogen and oxygen atoms in total. The van der Waals surface area contributed by atoms with E-state index in [1.54, 1.807) is 5.56 Å². The lowest BCUT2D eigenvalue weighted by molar-refractivity contribution is -0.129. The molecule has 0 N–H and O–H groups in total. The summed E-state index contributed by atoms with van der Waals surface area (Å²) in [6, 6.07) is 6.75. The van der Waals surface area contributed by atoms with Crippen LogP contribution in [0, 0.1) is 17.3 Å². The van der Waals surface area contributed by atoms with E-state index in [4.69, 9.17) is 4.74 Å². The first-order valence-corrected chi connectivity index (χ1v) is 9.42. The number of benzene rings is 1. The molecule has 0 spiro atoms. The lowest BCUT2D eigenvalue weighted by atomic mass is 9.55. The summed E-state index contributed by atoms with van der Waals surface area (Å²) in [7, 11) is 0. The third-order valence-electron chi connectivity index (χ3n) is 6.88. The van der Waals surface area contributed by atoms with Crippen LogP contribution in [-0.2, 0) is 11.2 Å². The molecule has 3 aliphatic rings. The first-order chi connectivity index (χ1) is 11.1. The number of carbonyl (C=O) groups is 1. The highest BCUT2D eigenvalue weighted by Crippen LogP contribution is 2.59.